The number of imide groups is 1. The number of furan rings is 1. The first-order chi connectivity index (χ1) is 12.5. The zero-order chi connectivity index (χ0) is 18.7. The van der Waals surface area contributed by atoms with Crippen molar-refractivity contribution in [2.45, 2.75) is 19.5 Å². The first-order valence-electron chi connectivity index (χ1n) is 7.91. The van der Waals surface area contributed by atoms with Crippen LogP contribution in [0, 0.1) is 0 Å². The first-order valence-corrected chi connectivity index (χ1v) is 7.91. The van der Waals surface area contributed by atoms with E-state index >= 15 is 0 Å². The zero-order valence-corrected chi connectivity index (χ0v) is 13.9. The SMILES string of the molecule is CC(C(=O)OCC(=O)NCc1ccco1)N1C(=O)c2ccccc2C1=O. The highest BCUT2D eigenvalue weighted by atomic mass is 16.5. The minimum atomic E-state index is -1.14. The average molecular weight is 356 g/mol. The van der Waals surface area contributed by atoms with E-state index in [-0.39, 0.29) is 17.7 Å². The Morgan fingerprint density at radius 3 is 2.35 bits per heavy atom. The van der Waals surface area contributed by atoms with Gasteiger partial charge in [0.05, 0.1) is 23.9 Å². The van der Waals surface area contributed by atoms with Crippen LogP contribution in [0.25, 0.3) is 0 Å². The minimum absolute atomic E-state index is 0.164. The number of fused-ring (bicyclic) bond motifs is 1. The molecule has 1 atom stereocenters. The second kappa shape index (κ2) is 7.22. The molecular weight excluding hydrogens is 340 g/mol. The molecule has 0 radical (unpaired) electrons. The summed E-state index contributed by atoms with van der Waals surface area (Å²) in [5.74, 6) is -1.92. The Bertz CT molecular complexity index is 823. The van der Waals surface area contributed by atoms with E-state index in [0.29, 0.717) is 5.76 Å². The molecule has 1 aliphatic rings. The van der Waals surface area contributed by atoms with Gasteiger partial charge >= 0.3 is 5.97 Å². The van der Waals surface area contributed by atoms with Gasteiger partial charge in [0.2, 0.25) is 0 Å². The molecule has 0 spiro atoms. The smallest absolute Gasteiger partial charge is 0.329 e. The van der Waals surface area contributed by atoms with Crippen molar-refractivity contribution in [3.05, 3.63) is 59.5 Å². The van der Waals surface area contributed by atoms with Crippen LogP contribution in [0.1, 0.15) is 33.4 Å². The number of ether oxygens (including phenoxy) is 1. The van der Waals surface area contributed by atoms with Crippen molar-refractivity contribution in [2.24, 2.45) is 0 Å². The van der Waals surface area contributed by atoms with Crippen LogP contribution >= 0.6 is 0 Å². The van der Waals surface area contributed by atoms with Crippen LogP contribution in [-0.2, 0) is 20.9 Å². The van der Waals surface area contributed by atoms with E-state index < -0.39 is 36.3 Å². The fourth-order valence-electron chi connectivity index (χ4n) is 2.57. The lowest BCUT2D eigenvalue weighted by atomic mass is 10.1. The number of carbonyl (C=O) groups is 4. The summed E-state index contributed by atoms with van der Waals surface area (Å²) in [6.45, 7) is 1.02. The number of hydrogen-bond acceptors (Lipinski definition) is 6. The Morgan fingerprint density at radius 2 is 1.77 bits per heavy atom. The Kier molecular flexibility index (Phi) is 4.83. The predicted molar refractivity (Wildman–Crippen MR) is 87.9 cm³/mol. The molecule has 1 aromatic heterocycles. The van der Waals surface area contributed by atoms with Crippen LogP contribution in [-0.4, -0.2) is 41.2 Å². The standard InChI is InChI=1S/C18H16N2O6/c1-11(20-16(22)13-6-2-3-7-14(13)17(20)23)18(24)26-10-15(21)19-9-12-5-4-8-25-12/h2-8,11H,9-10H2,1H3,(H,19,21). The predicted octanol–water partition coefficient (Wildman–Crippen LogP) is 1.12. The Hall–Kier alpha value is -3.42. The number of hydrogen-bond donors (Lipinski definition) is 1. The van der Waals surface area contributed by atoms with Crippen molar-refractivity contribution < 1.29 is 28.3 Å². The van der Waals surface area contributed by atoms with Gasteiger partial charge in [-0.25, -0.2) is 4.79 Å². The number of esters is 1. The van der Waals surface area contributed by atoms with Crippen molar-refractivity contribution in [1.82, 2.24) is 10.2 Å². The highest BCUT2D eigenvalue weighted by molar-refractivity contribution is 6.22. The fourth-order valence-corrected chi connectivity index (χ4v) is 2.57. The van der Waals surface area contributed by atoms with Crippen molar-refractivity contribution in [3.63, 3.8) is 0 Å². The van der Waals surface area contributed by atoms with E-state index in [1.165, 1.54) is 25.3 Å². The average Bonchev–Trinajstić information content (AvgIpc) is 3.25. The topological polar surface area (TPSA) is 106 Å². The number of rotatable bonds is 6. The van der Waals surface area contributed by atoms with Crippen LogP contribution in [0.15, 0.2) is 47.1 Å². The monoisotopic (exact) mass is 356 g/mol. The highest BCUT2D eigenvalue weighted by Gasteiger charge is 2.41. The van der Waals surface area contributed by atoms with E-state index in [2.05, 4.69) is 5.32 Å². The number of nitrogens with zero attached hydrogens (tertiary/aromatic N) is 1. The molecule has 0 saturated heterocycles. The van der Waals surface area contributed by atoms with Gasteiger partial charge in [-0.05, 0) is 31.2 Å². The molecule has 0 aliphatic carbocycles. The van der Waals surface area contributed by atoms with Crippen LogP contribution < -0.4 is 5.32 Å². The summed E-state index contributed by atoms with van der Waals surface area (Å²) in [5, 5.41) is 2.52. The summed E-state index contributed by atoms with van der Waals surface area (Å²) in [4.78, 5) is 49.4. The van der Waals surface area contributed by atoms with Crippen LogP contribution in [0.4, 0.5) is 0 Å². The second-order valence-corrected chi connectivity index (χ2v) is 5.67. The Labute approximate surface area is 148 Å². The molecule has 1 aliphatic heterocycles. The Morgan fingerprint density at radius 1 is 1.12 bits per heavy atom. The second-order valence-electron chi connectivity index (χ2n) is 5.67. The summed E-state index contributed by atoms with van der Waals surface area (Å²) >= 11 is 0. The molecule has 26 heavy (non-hydrogen) atoms. The molecule has 1 unspecified atom stereocenters. The maximum absolute atomic E-state index is 12.3. The number of amides is 3. The largest absolute Gasteiger partial charge is 0.467 e. The lowest BCUT2D eigenvalue weighted by molar-refractivity contribution is -0.151. The molecule has 8 nitrogen and oxygen atoms in total. The number of benzene rings is 1. The minimum Gasteiger partial charge on any atom is -0.467 e. The third-order valence-corrected chi connectivity index (χ3v) is 3.94. The molecular formula is C18H16N2O6. The van der Waals surface area contributed by atoms with E-state index in [0.717, 1.165) is 4.90 Å². The normalized spacial score (nSPS) is 14.1. The molecule has 0 saturated carbocycles. The van der Waals surface area contributed by atoms with Crippen molar-refractivity contribution in [1.29, 1.82) is 0 Å². The fraction of sp³-hybridized carbons (Fsp3) is 0.222. The van der Waals surface area contributed by atoms with Gasteiger partial charge in [-0.1, -0.05) is 12.1 Å². The van der Waals surface area contributed by atoms with E-state index in [4.69, 9.17) is 9.15 Å². The van der Waals surface area contributed by atoms with E-state index in [1.54, 1.807) is 24.3 Å². The van der Waals surface area contributed by atoms with Gasteiger partial charge < -0.3 is 14.5 Å². The molecule has 1 aromatic carbocycles. The molecule has 1 N–H and O–H groups in total. The summed E-state index contributed by atoms with van der Waals surface area (Å²) in [7, 11) is 0. The summed E-state index contributed by atoms with van der Waals surface area (Å²) in [5.41, 5.74) is 0.488. The number of carbonyl (C=O) groups excluding carboxylic acids is 4. The van der Waals surface area contributed by atoms with Gasteiger partial charge in [0.25, 0.3) is 17.7 Å². The van der Waals surface area contributed by atoms with E-state index in [1.807, 2.05) is 0 Å². The molecule has 8 heteroatoms. The Balaban J connectivity index is 1.54. The lowest BCUT2D eigenvalue weighted by Crippen LogP contribution is -2.44. The first kappa shape index (κ1) is 17.4. The lowest BCUT2D eigenvalue weighted by Gasteiger charge is -2.20. The van der Waals surface area contributed by atoms with Crippen molar-refractivity contribution in [3.8, 4) is 0 Å². The maximum atomic E-state index is 12.3. The van der Waals surface area contributed by atoms with Crippen molar-refractivity contribution >= 4 is 23.7 Å². The quantitative estimate of drug-likeness (QED) is 0.614. The molecule has 3 rings (SSSR count). The maximum Gasteiger partial charge on any atom is 0.329 e. The molecule has 134 valence electrons. The van der Waals surface area contributed by atoms with Gasteiger partial charge in [-0.15, -0.1) is 0 Å². The zero-order valence-electron chi connectivity index (χ0n) is 13.9. The van der Waals surface area contributed by atoms with Crippen LogP contribution in [0.2, 0.25) is 0 Å². The molecule has 2 aromatic rings. The molecule has 2 heterocycles. The van der Waals surface area contributed by atoms with E-state index in [9.17, 15) is 19.2 Å². The van der Waals surface area contributed by atoms with Crippen LogP contribution in [0.5, 0.6) is 0 Å². The van der Waals surface area contributed by atoms with Gasteiger partial charge in [0.15, 0.2) is 6.61 Å². The molecule has 0 bridgehead atoms. The summed E-state index contributed by atoms with van der Waals surface area (Å²) in [6, 6.07) is 8.56. The van der Waals surface area contributed by atoms with Gasteiger partial charge in [-0.3, -0.25) is 19.3 Å². The molecule has 3 amide bonds. The third-order valence-electron chi connectivity index (χ3n) is 3.94. The summed E-state index contributed by atoms with van der Waals surface area (Å²) in [6.07, 6.45) is 1.48. The van der Waals surface area contributed by atoms with Crippen molar-refractivity contribution in [2.75, 3.05) is 6.61 Å². The molecule has 0 fully saturated rings. The van der Waals surface area contributed by atoms with Gasteiger partial charge in [-0.2, -0.15) is 0 Å². The van der Waals surface area contributed by atoms with Gasteiger partial charge in [0.1, 0.15) is 11.8 Å². The van der Waals surface area contributed by atoms with Gasteiger partial charge in [0, 0.05) is 0 Å². The third kappa shape index (κ3) is 3.34. The highest BCUT2D eigenvalue weighted by Crippen LogP contribution is 2.24. The summed E-state index contributed by atoms with van der Waals surface area (Å²) < 4.78 is 9.98. The van der Waals surface area contributed by atoms with Crippen LogP contribution in [0.3, 0.4) is 0 Å². The number of nitrogens with one attached hydrogen (secondary N) is 1.